The quantitative estimate of drug-likeness (QED) is 0.461. The molecule has 0 radical (unpaired) electrons. The highest BCUT2D eigenvalue weighted by atomic mass is 19.1. The van der Waals surface area contributed by atoms with Gasteiger partial charge in [0.15, 0.2) is 11.5 Å². The van der Waals surface area contributed by atoms with E-state index in [0.717, 1.165) is 5.69 Å². The molecule has 0 spiro atoms. The summed E-state index contributed by atoms with van der Waals surface area (Å²) in [5, 5.41) is 15.0. The van der Waals surface area contributed by atoms with Crippen molar-refractivity contribution in [1.82, 2.24) is 9.97 Å². The Morgan fingerprint density at radius 2 is 1.64 bits per heavy atom. The maximum absolute atomic E-state index is 13.2. The number of hydrogen-bond donors (Lipinski definition) is 1. The minimum Gasteiger partial charge on any atom is -0.486 e. The lowest BCUT2D eigenvalue weighted by molar-refractivity contribution is -0.383. The van der Waals surface area contributed by atoms with E-state index in [1.54, 1.807) is 30.3 Å². The summed E-state index contributed by atoms with van der Waals surface area (Å²) in [6.07, 6.45) is 1.31. The van der Waals surface area contributed by atoms with Gasteiger partial charge in [0.25, 0.3) is 0 Å². The van der Waals surface area contributed by atoms with Gasteiger partial charge in [-0.1, -0.05) is 0 Å². The molecule has 2 aliphatic heterocycles. The van der Waals surface area contributed by atoms with Crippen molar-refractivity contribution in [2.24, 2.45) is 0 Å². The fourth-order valence-electron chi connectivity index (χ4n) is 3.95. The van der Waals surface area contributed by atoms with Crippen molar-refractivity contribution in [3.8, 4) is 11.5 Å². The van der Waals surface area contributed by atoms with E-state index in [2.05, 4.69) is 20.2 Å². The molecule has 33 heavy (non-hydrogen) atoms. The lowest BCUT2D eigenvalue weighted by atomic mass is 10.2. The monoisotopic (exact) mass is 452 g/mol. The molecule has 3 heterocycles. The smallest absolute Gasteiger partial charge is 0.353 e. The molecule has 2 aliphatic rings. The summed E-state index contributed by atoms with van der Waals surface area (Å²) >= 11 is 0. The minimum absolute atomic E-state index is 0.0997. The van der Waals surface area contributed by atoms with Crippen molar-refractivity contribution in [3.63, 3.8) is 0 Å². The SMILES string of the molecule is O=[N+]([O-])c1c(Nc2ccc3c(c2)OCCO3)ncnc1N1CCN(c2ccc(F)cc2)CC1. The van der Waals surface area contributed by atoms with Gasteiger partial charge in [-0.05, 0) is 36.4 Å². The molecule has 5 rings (SSSR count). The molecule has 0 saturated carbocycles. The van der Waals surface area contributed by atoms with Gasteiger partial charge in [0.1, 0.15) is 25.4 Å². The van der Waals surface area contributed by atoms with Crippen molar-refractivity contribution >= 4 is 28.7 Å². The Morgan fingerprint density at radius 3 is 2.36 bits per heavy atom. The first-order valence-corrected chi connectivity index (χ1v) is 10.5. The highest BCUT2D eigenvalue weighted by Crippen LogP contribution is 2.37. The molecule has 11 heteroatoms. The third-order valence-electron chi connectivity index (χ3n) is 5.56. The topological polar surface area (TPSA) is 106 Å². The summed E-state index contributed by atoms with van der Waals surface area (Å²) in [6.45, 7) is 3.22. The summed E-state index contributed by atoms with van der Waals surface area (Å²) in [5.74, 6) is 1.27. The average Bonchev–Trinajstić information content (AvgIpc) is 2.84. The van der Waals surface area contributed by atoms with Crippen molar-refractivity contribution in [2.45, 2.75) is 0 Å². The predicted octanol–water partition coefficient (Wildman–Crippen LogP) is 3.37. The second kappa shape index (κ2) is 8.77. The first-order valence-electron chi connectivity index (χ1n) is 10.5. The number of aromatic nitrogens is 2. The van der Waals surface area contributed by atoms with Gasteiger partial charge in [0.05, 0.1) is 4.92 Å². The summed E-state index contributed by atoms with van der Waals surface area (Å²) < 4.78 is 24.3. The van der Waals surface area contributed by atoms with E-state index in [0.29, 0.717) is 56.6 Å². The Balaban J connectivity index is 1.36. The van der Waals surface area contributed by atoms with Crippen LogP contribution in [0, 0.1) is 15.9 Å². The Labute approximate surface area is 188 Å². The zero-order valence-electron chi connectivity index (χ0n) is 17.6. The standard InChI is InChI=1S/C22H21FN6O4/c23-15-1-4-17(5-2-15)27-7-9-28(10-8-27)22-20(29(30)31)21(24-14-25-22)26-16-3-6-18-19(13-16)33-12-11-32-18/h1-6,13-14H,7-12H2,(H,24,25,26). The van der Waals surface area contributed by atoms with Crippen LogP contribution in [0.25, 0.3) is 0 Å². The van der Waals surface area contributed by atoms with Crippen LogP contribution in [0.2, 0.25) is 0 Å². The number of nitrogens with one attached hydrogen (secondary N) is 1. The van der Waals surface area contributed by atoms with E-state index in [1.165, 1.54) is 18.5 Å². The third-order valence-corrected chi connectivity index (χ3v) is 5.56. The third kappa shape index (κ3) is 4.29. The molecule has 0 atom stereocenters. The molecule has 170 valence electrons. The number of anilines is 4. The van der Waals surface area contributed by atoms with E-state index in [-0.39, 0.29) is 23.1 Å². The zero-order chi connectivity index (χ0) is 22.8. The lowest BCUT2D eigenvalue weighted by Crippen LogP contribution is -2.47. The first-order chi connectivity index (χ1) is 16.1. The van der Waals surface area contributed by atoms with E-state index >= 15 is 0 Å². The Morgan fingerprint density at radius 1 is 0.939 bits per heavy atom. The molecule has 0 aliphatic carbocycles. The first kappa shape index (κ1) is 20.7. The number of halogens is 1. The van der Waals surface area contributed by atoms with Gasteiger partial charge in [-0.3, -0.25) is 10.1 Å². The van der Waals surface area contributed by atoms with Gasteiger partial charge >= 0.3 is 5.69 Å². The number of piperazine rings is 1. The molecule has 0 bridgehead atoms. The zero-order valence-corrected chi connectivity index (χ0v) is 17.6. The molecule has 10 nitrogen and oxygen atoms in total. The van der Waals surface area contributed by atoms with Gasteiger partial charge < -0.3 is 24.6 Å². The number of ether oxygens (including phenoxy) is 2. The molecule has 0 unspecified atom stereocenters. The summed E-state index contributed by atoms with van der Waals surface area (Å²) in [6, 6.07) is 11.5. The van der Waals surface area contributed by atoms with Crippen molar-refractivity contribution in [3.05, 3.63) is 64.7 Å². The van der Waals surface area contributed by atoms with Gasteiger partial charge in [-0.15, -0.1) is 0 Å². The normalized spacial score (nSPS) is 15.3. The second-order valence-electron chi connectivity index (χ2n) is 7.59. The van der Waals surface area contributed by atoms with Crippen LogP contribution in [-0.2, 0) is 0 Å². The number of nitrogens with zero attached hydrogens (tertiary/aromatic N) is 5. The molecule has 0 amide bonds. The van der Waals surface area contributed by atoms with Crippen LogP contribution in [0.15, 0.2) is 48.8 Å². The van der Waals surface area contributed by atoms with Crippen LogP contribution < -0.4 is 24.6 Å². The summed E-state index contributed by atoms with van der Waals surface area (Å²) in [5.41, 5.74) is 1.31. The highest BCUT2D eigenvalue weighted by Gasteiger charge is 2.29. The van der Waals surface area contributed by atoms with E-state index in [9.17, 15) is 14.5 Å². The molecule has 1 aromatic heterocycles. The second-order valence-corrected chi connectivity index (χ2v) is 7.59. The van der Waals surface area contributed by atoms with Crippen LogP contribution in [-0.4, -0.2) is 54.3 Å². The van der Waals surface area contributed by atoms with E-state index in [1.807, 2.05) is 4.90 Å². The Bertz CT molecular complexity index is 1170. The summed E-state index contributed by atoms with van der Waals surface area (Å²) in [7, 11) is 0. The van der Waals surface area contributed by atoms with Crippen molar-refractivity contribution < 1.29 is 18.8 Å². The molecule has 2 aromatic carbocycles. The highest BCUT2D eigenvalue weighted by molar-refractivity contribution is 5.75. The Hall–Kier alpha value is -4.15. The van der Waals surface area contributed by atoms with Crippen LogP contribution >= 0.6 is 0 Å². The van der Waals surface area contributed by atoms with Gasteiger partial charge in [0.2, 0.25) is 11.6 Å². The molecule has 3 aromatic rings. The van der Waals surface area contributed by atoms with Crippen LogP contribution in [0.4, 0.5) is 33.1 Å². The largest absolute Gasteiger partial charge is 0.486 e. The fourth-order valence-corrected chi connectivity index (χ4v) is 3.95. The van der Waals surface area contributed by atoms with Crippen molar-refractivity contribution in [2.75, 3.05) is 54.5 Å². The van der Waals surface area contributed by atoms with Gasteiger partial charge in [-0.2, -0.15) is 0 Å². The number of fused-ring (bicyclic) bond motifs is 1. The number of benzene rings is 2. The van der Waals surface area contributed by atoms with Crippen molar-refractivity contribution in [1.29, 1.82) is 0 Å². The maximum Gasteiger partial charge on any atom is 0.353 e. The van der Waals surface area contributed by atoms with Crippen LogP contribution in [0.3, 0.4) is 0 Å². The molecule has 1 N–H and O–H groups in total. The Kier molecular flexibility index (Phi) is 5.51. The number of hydrogen-bond acceptors (Lipinski definition) is 9. The molecular weight excluding hydrogens is 431 g/mol. The van der Waals surface area contributed by atoms with E-state index in [4.69, 9.17) is 9.47 Å². The van der Waals surface area contributed by atoms with E-state index < -0.39 is 4.92 Å². The maximum atomic E-state index is 13.2. The summed E-state index contributed by atoms with van der Waals surface area (Å²) in [4.78, 5) is 23.9. The lowest BCUT2D eigenvalue weighted by Gasteiger charge is -2.36. The van der Waals surface area contributed by atoms with Crippen LogP contribution in [0.5, 0.6) is 11.5 Å². The fraction of sp³-hybridized carbons (Fsp3) is 0.273. The number of nitro groups is 1. The van der Waals surface area contributed by atoms with Gasteiger partial charge in [-0.25, -0.2) is 14.4 Å². The number of rotatable bonds is 5. The minimum atomic E-state index is -0.470. The van der Waals surface area contributed by atoms with Gasteiger partial charge in [0, 0.05) is 43.6 Å². The molecular formula is C22H21FN6O4. The molecule has 1 saturated heterocycles. The predicted molar refractivity (Wildman–Crippen MR) is 120 cm³/mol. The van der Waals surface area contributed by atoms with Crippen LogP contribution in [0.1, 0.15) is 0 Å². The average molecular weight is 452 g/mol. The molecule has 1 fully saturated rings.